The molecule has 72 valence electrons. The molecule has 0 bridgehead atoms. The van der Waals surface area contributed by atoms with Gasteiger partial charge in [-0.25, -0.2) is 0 Å². The molecule has 0 nitrogen and oxygen atoms in total. The van der Waals surface area contributed by atoms with Crippen LogP contribution in [-0.4, -0.2) is 6.16 Å². The van der Waals surface area contributed by atoms with Crippen molar-refractivity contribution in [2.45, 2.75) is 20.8 Å². The van der Waals surface area contributed by atoms with Crippen LogP contribution in [0.15, 0.2) is 18.2 Å². The van der Waals surface area contributed by atoms with Gasteiger partial charge in [-0.3, -0.25) is 0 Å². The molecule has 0 aliphatic carbocycles. The van der Waals surface area contributed by atoms with E-state index in [4.69, 9.17) is 11.2 Å². The number of hydrogen-bond donors (Lipinski definition) is 0. The average molecular weight is 281 g/mol. The summed E-state index contributed by atoms with van der Waals surface area (Å²) in [7, 11) is 0. The second-order valence-corrected chi connectivity index (χ2v) is 12.3. The molecule has 0 amide bonds. The van der Waals surface area contributed by atoms with Gasteiger partial charge in [-0.2, -0.15) is 0 Å². The molecule has 1 atom stereocenters. The minimum atomic E-state index is -1.54. The van der Waals surface area contributed by atoms with Crippen LogP contribution in [-0.2, 0) is 0 Å². The lowest BCUT2D eigenvalue weighted by Gasteiger charge is -2.09. The predicted molar refractivity (Wildman–Crippen MR) is 67.8 cm³/mol. The first-order valence-corrected chi connectivity index (χ1v) is 9.21. The number of halogens is 2. The predicted octanol–water partition coefficient (Wildman–Crippen LogP) is 4.43. The van der Waals surface area contributed by atoms with Crippen molar-refractivity contribution in [3.8, 4) is 0 Å². The minimum absolute atomic E-state index is 0.984. The van der Waals surface area contributed by atoms with Gasteiger partial charge in [0.2, 0.25) is 5.32 Å². The van der Waals surface area contributed by atoms with Crippen LogP contribution in [0.3, 0.4) is 0 Å². The van der Waals surface area contributed by atoms with Crippen molar-refractivity contribution in [2.24, 2.45) is 0 Å². The van der Waals surface area contributed by atoms with Gasteiger partial charge < -0.3 is 0 Å². The number of aryl methyl sites for hydroxylation is 2. The van der Waals surface area contributed by atoms with Crippen molar-refractivity contribution in [1.29, 1.82) is 0 Å². The SMILES string of the molecule is CC[P+](Cl)(Br)c1cc(C)cc(C)c1. The van der Waals surface area contributed by atoms with Crippen LogP contribution in [0.25, 0.3) is 0 Å². The summed E-state index contributed by atoms with van der Waals surface area (Å²) in [6, 6.07) is 6.51. The van der Waals surface area contributed by atoms with E-state index in [1.807, 2.05) is 0 Å². The molecule has 0 saturated carbocycles. The molecule has 3 heteroatoms. The van der Waals surface area contributed by atoms with Crippen LogP contribution in [0, 0.1) is 13.8 Å². The smallest absolute Gasteiger partial charge is 0.0561 e. The Morgan fingerprint density at radius 2 is 1.69 bits per heavy atom. The van der Waals surface area contributed by atoms with Gasteiger partial charge in [-0.1, -0.05) is 6.07 Å². The molecular formula is C10H14BrClP+. The van der Waals surface area contributed by atoms with Gasteiger partial charge >= 0.3 is 0 Å². The first-order valence-electron chi connectivity index (χ1n) is 4.32. The fraction of sp³-hybridized carbons (Fsp3) is 0.400. The highest BCUT2D eigenvalue weighted by atomic mass is 79.9. The van der Waals surface area contributed by atoms with Crippen LogP contribution in [0.1, 0.15) is 18.1 Å². The summed E-state index contributed by atoms with van der Waals surface area (Å²) < 4.78 is 0. The van der Waals surface area contributed by atoms with Crippen LogP contribution < -0.4 is 5.30 Å². The molecule has 0 fully saturated rings. The first kappa shape index (κ1) is 11.5. The van der Waals surface area contributed by atoms with E-state index in [9.17, 15) is 0 Å². The Hall–Kier alpha value is 0.420. The van der Waals surface area contributed by atoms with Crippen molar-refractivity contribution in [3.63, 3.8) is 0 Å². The highest BCUT2D eigenvalue weighted by molar-refractivity contribution is 9.45. The third-order valence-electron chi connectivity index (χ3n) is 1.98. The van der Waals surface area contributed by atoms with Crippen LogP contribution in [0.5, 0.6) is 0 Å². The largest absolute Gasteiger partial charge is 0.214 e. The van der Waals surface area contributed by atoms with Gasteiger partial charge in [0.25, 0.3) is 0 Å². The summed E-state index contributed by atoms with van der Waals surface area (Å²) in [5, 5.41) is -0.286. The summed E-state index contributed by atoms with van der Waals surface area (Å²) in [5.74, 6) is 0. The molecule has 0 heterocycles. The Balaban J connectivity index is 3.15. The summed E-state index contributed by atoms with van der Waals surface area (Å²) in [6.07, 6.45) is 0.984. The standard InChI is InChI=1S/C10H14BrClP/c1-4-13(11,12)10-6-8(2)5-9(3)7-10/h5-7H,4H2,1-3H3/q+1. The number of benzene rings is 1. The quantitative estimate of drug-likeness (QED) is 0.703. The van der Waals surface area contributed by atoms with E-state index in [2.05, 4.69) is 54.5 Å². The highest BCUT2D eigenvalue weighted by Crippen LogP contribution is 2.69. The Morgan fingerprint density at radius 3 is 2.08 bits per heavy atom. The second-order valence-electron chi connectivity index (χ2n) is 3.29. The molecular weight excluding hydrogens is 266 g/mol. The maximum Gasteiger partial charge on any atom is 0.214 e. The molecule has 0 N–H and O–H groups in total. The van der Waals surface area contributed by atoms with E-state index in [-0.39, 0.29) is 0 Å². The van der Waals surface area contributed by atoms with E-state index >= 15 is 0 Å². The molecule has 0 spiro atoms. The summed E-state index contributed by atoms with van der Waals surface area (Å²) >= 11 is 10.1. The van der Waals surface area contributed by atoms with Crippen molar-refractivity contribution in [2.75, 3.05) is 6.16 Å². The third kappa shape index (κ3) is 2.94. The summed E-state index contributed by atoms with van der Waals surface area (Å²) in [4.78, 5) is 0. The minimum Gasteiger partial charge on any atom is -0.0561 e. The van der Waals surface area contributed by atoms with Gasteiger partial charge in [0.05, 0.1) is 6.16 Å². The fourth-order valence-electron chi connectivity index (χ4n) is 1.32. The van der Waals surface area contributed by atoms with Gasteiger partial charge in [0.15, 0.2) is 15.5 Å². The molecule has 1 aromatic rings. The van der Waals surface area contributed by atoms with Crippen LogP contribution in [0.4, 0.5) is 0 Å². The summed E-state index contributed by atoms with van der Waals surface area (Å²) in [6.45, 7) is 6.33. The van der Waals surface area contributed by atoms with E-state index in [1.54, 1.807) is 0 Å². The lowest BCUT2D eigenvalue weighted by atomic mass is 10.2. The van der Waals surface area contributed by atoms with E-state index in [1.165, 1.54) is 16.4 Å². The topological polar surface area (TPSA) is 0 Å². The fourth-order valence-corrected chi connectivity index (χ4v) is 3.38. The maximum absolute atomic E-state index is 6.42. The molecule has 0 aliphatic heterocycles. The Bertz CT molecular complexity index is 290. The molecule has 1 aromatic carbocycles. The van der Waals surface area contributed by atoms with E-state index in [0.717, 1.165) is 6.16 Å². The third-order valence-corrected chi connectivity index (χ3v) is 7.83. The first-order chi connectivity index (χ1) is 5.95. The average Bonchev–Trinajstić information content (AvgIpc) is 2.02. The molecule has 0 aromatic heterocycles. The summed E-state index contributed by atoms with van der Waals surface area (Å²) in [5.41, 5.74) is 2.57. The monoisotopic (exact) mass is 279 g/mol. The number of rotatable bonds is 2. The highest BCUT2D eigenvalue weighted by Gasteiger charge is 2.34. The van der Waals surface area contributed by atoms with Gasteiger partial charge in [0, 0.05) is 0 Å². The van der Waals surface area contributed by atoms with Gasteiger partial charge in [-0.05, 0) is 44.0 Å². The molecule has 0 aliphatic rings. The zero-order chi connectivity index (χ0) is 10.1. The lowest BCUT2D eigenvalue weighted by molar-refractivity contribution is 1.40. The number of hydrogen-bond acceptors (Lipinski definition) is 0. The zero-order valence-corrected chi connectivity index (χ0v) is 11.4. The van der Waals surface area contributed by atoms with Crippen molar-refractivity contribution in [1.82, 2.24) is 0 Å². The lowest BCUT2D eigenvalue weighted by Crippen LogP contribution is -2.05. The van der Waals surface area contributed by atoms with E-state index in [0.29, 0.717) is 0 Å². The molecule has 0 saturated heterocycles. The van der Waals surface area contributed by atoms with Crippen molar-refractivity contribution in [3.05, 3.63) is 29.3 Å². The second kappa shape index (κ2) is 4.29. The van der Waals surface area contributed by atoms with Crippen LogP contribution >= 0.6 is 32.0 Å². The van der Waals surface area contributed by atoms with Gasteiger partial charge in [-0.15, -0.1) is 0 Å². The van der Waals surface area contributed by atoms with Gasteiger partial charge in [0.1, 0.15) is 16.5 Å². The van der Waals surface area contributed by atoms with Crippen LogP contribution in [0.2, 0.25) is 0 Å². The Morgan fingerprint density at radius 1 is 1.23 bits per heavy atom. The van der Waals surface area contributed by atoms with Crippen molar-refractivity contribution < 1.29 is 0 Å². The normalized spacial score (nSPS) is 15.5. The Labute approximate surface area is 93.6 Å². The molecule has 1 unspecified atom stereocenters. The molecule has 1 rings (SSSR count). The Kier molecular flexibility index (Phi) is 3.80. The van der Waals surface area contributed by atoms with E-state index < -0.39 is 5.32 Å². The van der Waals surface area contributed by atoms with Crippen molar-refractivity contribution >= 4 is 37.4 Å². The molecule has 0 radical (unpaired) electrons. The maximum atomic E-state index is 6.42. The molecule has 13 heavy (non-hydrogen) atoms. The zero-order valence-electron chi connectivity index (χ0n) is 8.14.